The Morgan fingerprint density at radius 1 is 1.17 bits per heavy atom. The summed E-state index contributed by atoms with van der Waals surface area (Å²) in [7, 11) is 3.10. The minimum absolute atomic E-state index is 0.281. The molecule has 1 N–H and O–H groups in total. The summed E-state index contributed by atoms with van der Waals surface area (Å²) in [6.07, 6.45) is -0.251. The normalized spacial score (nSPS) is 16.1. The van der Waals surface area contributed by atoms with Crippen molar-refractivity contribution in [3.63, 3.8) is 0 Å². The molecule has 124 valence electrons. The molecule has 1 atom stereocenters. The van der Waals surface area contributed by atoms with Gasteiger partial charge in [-0.1, -0.05) is 35.5 Å². The van der Waals surface area contributed by atoms with Crippen LogP contribution in [0.4, 0.5) is 5.69 Å². The van der Waals surface area contributed by atoms with E-state index in [1.165, 1.54) is 0 Å². The van der Waals surface area contributed by atoms with Crippen LogP contribution >= 0.6 is 0 Å². The molecule has 0 radical (unpaired) electrons. The van der Waals surface area contributed by atoms with Crippen LogP contribution in [0.15, 0.2) is 53.7 Å². The molecule has 1 heterocycles. The first-order valence-electron chi connectivity index (χ1n) is 7.52. The van der Waals surface area contributed by atoms with Gasteiger partial charge in [0.2, 0.25) is 6.10 Å². The van der Waals surface area contributed by atoms with Gasteiger partial charge < -0.3 is 19.6 Å². The Balaban J connectivity index is 1.69. The summed E-state index contributed by atoms with van der Waals surface area (Å²) in [4.78, 5) is 17.7. The molecule has 0 fully saturated rings. The maximum absolute atomic E-state index is 12.5. The average Bonchev–Trinajstić information content (AvgIpc) is 3.12. The fourth-order valence-electron chi connectivity index (χ4n) is 2.44. The van der Waals surface area contributed by atoms with Gasteiger partial charge in [-0.2, -0.15) is 0 Å². The van der Waals surface area contributed by atoms with E-state index in [2.05, 4.69) is 10.5 Å². The van der Waals surface area contributed by atoms with E-state index < -0.39 is 6.10 Å². The molecule has 0 spiro atoms. The first-order chi connectivity index (χ1) is 11.7. The molecule has 3 rings (SSSR count). The van der Waals surface area contributed by atoms with Gasteiger partial charge in [-0.25, -0.2) is 0 Å². The molecule has 0 aromatic heterocycles. The van der Waals surface area contributed by atoms with Crippen LogP contribution in [-0.4, -0.2) is 31.9 Å². The predicted octanol–water partition coefficient (Wildman–Crippen LogP) is 2.84. The van der Waals surface area contributed by atoms with Crippen LogP contribution in [0.5, 0.6) is 11.5 Å². The van der Waals surface area contributed by atoms with Crippen molar-refractivity contribution in [2.45, 2.75) is 12.5 Å². The van der Waals surface area contributed by atoms with Crippen LogP contribution in [0, 0.1) is 0 Å². The summed E-state index contributed by atoms with van der Waals surface area (Å²) in [5, 5.41) is 6.83. The Morgan fingerprint density at radius 2 is 1.96 bits per heavy atom. The summed E-state index contributed by atoms with van der Waals surface area (Å²) in [5.41, 5.74) is 2.23. The van der Waals surface area contributed by atoms with Crippen molar-refractivity contribution in [3.8, 4) is 11.5 Å². The van der Waals surface area contributed by atoms with Crippen molar-refractivity contribution in [3.05, 3.63) is 54.1 Å². The Hall–Kier alpha value is -3.02. The summed E-state index contributed by atoms with van der Waals surface area (Å²) >= 11 is 0. The van der Waals surface area contributed by atoms with Crippen molar-refractivity contribution >= 4 is 17.3 Å². The Labute approximate surface area is 140 Å². The standard InChI is InChI=1S/C18H18N2O4/c1-22-13-8-9-16(23-2)15(10-13)19-18(21)17-11-14(20-24-17)12-6-4-3-5-7-12/h3-10,17H,11H2,1-2H3,(H,19,21)/t17-/m0/s1. The number of ether oxygens (including phenoxy) is 2. The van der Waals surface area contributed by atoms with Gasteiger partial charge in [-0.05, 0) is 17.7 Å². The van der Waals surface area contributed by atoms with Crippen molar-refractivity contribution < 1.29 is 19.1 Å². The highest BCUT2D eigenvalue weighted by atomic mass is 16.6. The zero-order valence-corrected chi connectivity index (χ0v) is 13.5. The SMILES string of the molecule is COc1ccc(OC)c(NC(=O)[C@@H]2CC(c3ccccc3)=NO2)c1. The van der Waals surface area contributed by atoms with Crippen LogP contribution < -0.4 is 14.8 Å². The zero-order valence-electron chi connectivity index (χ0n) is 13.5. The minimum atomic E-state index is -0.670. The number of anilines is 1. The molecule has 0 saturated carbocycles. The highest BCUT2D eigenvalue weighted by Crippen LogP contribution is 2.29. The second-order valence-corrected chi connectivity index (χ2v) is 5.26. The third-order valence-corrected chi connectivity index (χ3v) is 3.73. The number of amides is 1. The molecular weight excluding hydrogens is 308 g/mol. The predicted molar refractivity (Wildman–Crippen MR) is 90.6 cm³/mol. The third kappa shape index (κ3) is 3.32. The fraction of sp³-hybridized carbons (Fsp3) is 0.222. The molecule has 1 aliphatic rings. The van der Waals surface area contributed by atoms with Crippen LogP contribution in [0.1, 0.15) is 12.0 Å². The zero-order chi connectivity index (χ0) is 16.9. The smallest absolute Gasteiger partial charge is 0.268 e. The summed E-state index contributed by atoms with van der Waals surface area (Å²) in [6.45, 7) is 0. The topological polar surface area (TPSA) is 69.2 Å². The van der Waals surface area contributed by atoms with E-state index in [9.17, 15) is 4.79 Å². The quantitative estimate of drug-likeness (QED) is 0.917. The highest BCUT2D eigenvalue weighted by molar-refractivity contribution is 6.06. The second kappa shape index (κ2) is 7.04. The lowest BCUT2D eigenvalue weighted by molar-refractivity contribution is -0.125. The number of hydrogen-bond acceptors (Lipinski definition) is 5. The lowest BCUT2D eigenvalue weighted by atomic mass is 10.0. The first kappa shape index (κ1) is 15.9. The van der Waals surface area contributed by atoms with Gasteiger partial charge >= 0.3 is 0 Å². The maximum atomic E-state index is 12.5. The highest BCUT2D eigenvalue weighted by Gasteiger charge is 2.29. The lowest BCUT2D eigenvalue weighted by Crippen LogP contribution is -2.28. The van der Waals surface area contributed by atoms with E-state index in [-0.39, 0.29) is 5.91 Å². The molecule has 1 amide bonds. The van der Waals surface area contributed by atoms with Gasteiger partial charge in [0.1, 0.15) is 11.5 Å². The molecule has 6 heteroatoms. The van der Waals surface area contributed by atoms with Crippen LogP contribution in [0.25, 0.3) is 0 Å². The van der Waals surface area contributed by atoms with Crippen molar-refractivity contribution in [1.82, 2.24) is 0 Å². The average molecular weight is 326 g/mol. The van der Waals surface area contributed by atoms with E-state index in [1.807, 2.05) is 30.3 Å². The number of methoxy groups -OCH3 is 2. The molecule has 6 nitrogen and oxygen atoms in total. The number of oxime groups is 1. The summed E-state index contributed by atoms with van der Waals surface area (Å²) < 4.78 is 10.4. The van der Waals surface area contributed by atoms with Gasteiger partial charge in [0, 0.05) is 12.5 Å². The Morgan fingerprint density at radius 3 is 2.67 bits per heavy atom. The Kier molecular flexibility index (Phi) is 4.65. The van der Waals surface area contributed by atoms with Crippen molar-refractivity contribution in [2.24, 2.45) is 5.16 Å². The van der Waals surface area contributed by atoms with Gasteiger partial charge in [0.15, 0.2) is 0 Å². The fourth-order valence-corrected chi connectivity index (χ4v) is 2.44. The van der Waals surface area contributed by atoms with E-state index in [1.54, 1.807) is 32.4 Å². The van der Waals surface area contributed by atoms with Crippen LogP contribution in [-0.2, 0) is 9.63 Å². The molecule has 1 aliphatic heterocycles. The molecule has 2 aromatic carbocycles. The number of carbonyl (C=O) groups excluding carboxylic acids is 1. The van der Waals surface area contributed by atoms with E-state index in [4.69, 9.17) is 14.3 Å². The number of carbonyl (C=O) groups is 1. The maximum Gasteiger partial charge on any atom is 0.268 e. The number of hydrogen-bond donors (Lipinski definition) is 1. The molecule has 24 heavy (non-hydrogen) atoms. The van der Waals surface area contributed by atoms with Gasteiger partial charge in [0.05, 0.1) is 25.6 Å². The summed E-state index contributed by atoms with van der Waals surface area (Å²) in [5.74, 6) is 0.891. The molecule has 0 unspecified atom stereocenters. The Bertz CT molecular complexity index is 759. The molecule has 2 aromatic rings. The minimum Gasteiger partial charge on any atom is -0.497 e. The van der Waals surface area contributed by atoms with Crippen LogP contribution in [0.2, 0.25) is 0 Å². The molecule has 0 aliphatic carbocycles. The van der Waals surface area contributed by atoms with Crippen molar-refractivity contribution in [2.75, 3.05) is 19.5 Å². The van der Waals surface area contributed by atoms with Crippen molar-refractivity contribution in [1.29, 1.82) is 0 Å². The van der Waals surface area contributed by atoms with Gasteiger partial charge in [-0.15, -0.1) is 0 Å². The van der Waals surface area contributed by atoms with Crippen LogP contribution in [0.3, 0.4) is 0 Å². The first-order valence-corrected chi connectivity index (χ1v) is 7.52. The number of nitrogens with zero attached hydrogens (tertiary/aromatic N) is 1. The number of benzene rings is 2. The van der Waals surface area contributed by atoms with Gasteiger partial charge in [-0.3, -0.25) is 4.79 Å². The molecular formula is C18H18N2O4. The lowest BCUT2D eigenvalue weighted by Gasteiger charge is -2.13. The van der Waals surface area contributed by atoms with E-state index in [0.29, 0.717) is 23.6 Å². The van der Waals surface area contributed by atoms with E-state index >= 15 is 0 Å². The number of rotatable bonds is 5. The largest absolute Gasteiger partial charge is 0.497 e. The summed E-state index contributed by atoms with van der Waals surface area (Å²) in [6, 6.07) is 14.8. The van der Waals surface area contributed by atoms with E-state index in [0.717, 1.165) is 11.3 Å². The monoisotopic (exact) mass is 326 g/mol. The second-order valence-electron chi connectivity index (χ2n) is 5.26. The van der Waals surface area contributed by atoms with Gasteiger partial charge in [0.25, 0.3) is 5.91 Å². The molecule has 0 saturated heterocycles. The number of nitrogens with one attached hydrogen (secondary N) is 1. The third-order valence-electron chi connectivity index (χ3n) is 3.73. The molecule has 0 bridgehead atoms.